The Bertz CT molecular complexity index is 510. The average Bonchev–Trinajstić information content (AvgIpc) is 2.53. The second-order valence-corrected chi connectivity index (χ2v) is 6.30. The zero-order chi connectivity index (χ0) is 16.5. The van der Waals surface area contributed by atoms with Crippen LogP contribution in [0.3, 0.4) is 0 Å². The van der Waals surface area contributed by atoms with Gasteiger partial charge in [0.15, 0.2) is 5.96 Å². The van der Waals surface area contributed by atoms with Crippen molar-refractivity contribution in [3.63, 3.8) is 0 Å². The van der Waals surface area contributed by atoms with Crippen molar-refractivity contribution < 1.29 is 4.39 Å². The molecule has 1 heterocycles. The number of benzene rings is 1. The summed E-state index contributed by atoms with van der Waals surface area (Å²) in [5.41, 5.74) is 0.882. The third-order valence-electron chi connectivity index (χ3n) is 4.11. The topological polar surface area (TPSA) is 39.7 Å². The van der Waals surface area contributed by atoms with Gasteiger partial charge < -0.3 is 15.5 Å². The summed E-state index contributed by atoms with van der Waals surface area (Å²) in [6.07, 6.45) is 2.65. The number of aliphatic imine (C=N–C) groups is 1. The fraction of sp³-hybridized carbons (Fsp3) is 0.611. The van der Waals surface area contributed by atoms with Crippen LogP contribution in [-0.2, 0) is 6.54 Å². The summed E-state index contributed by atoms with van der Waals surface area (Å²) in [4.78, 5) is 7.04. The van der Waals surface area contributed by atoms with Gasteiger partial charge in [0.1, 0.15) is 5.82 Å². The maximum atomic E-state index is 13.2. The van der Waals surface area contributed by atoms with Crippen LogP contribution in [0.1, 0.15) is 32.3 Å². The van der Waals surface area contributed by atoms with E-state index in [1.54, 1.807) is 6.07 Å². The van der Waals surface area contributed by atoms with Crippen LogP contribution in [0.15, 0.2) is 29.3 Å². The minimum Gasteiger partial charge on any atom is -0.357 e. The van der Waals surface area contributed by atoms with Gasteiger partial charge in [-0.25, -0.2) is 9.38 Å². The van der Waals surface area contributed by atoms with E-state index in [9.17, 15) is 4.39 Å². The number of halogens is 2. The predicted molar refractivity (Wildman–Crippen MR) is 109 cm³/mol. The molecule has 0 amide bonds. The molecule has 0 saturated carbocycles. The molecule has 0 spiro atoms. The van der Waals surface area contributed by atoms with E-state index in [-0.39, 0.29) is 29.8 Å². The van der Waals surface area contributed by atoms with E-state index in [0.29, 0.717) is 6.54 Å². The summed E-state index contributed by atoms with van der Waals surface area (Å²) in [5, 5.41) is 6.61. The highest BCUT2D eigenvalue weighted by Gasteiger charge is 2.15. The summed E-state index contributed by atoms with van der Waals surface area (Å²) in [6.45, 7) is 9.97. The van der Waals surface area contributed by atoms with Crippen LogP contribution in [0, 0.1) is 11.7 Å². The third-order valence-corrected chi connectivity index (χ3v) is 4.11. The zero-order valence-electron chi connectivity index (χ0n) is 14.7. The average molecular weight is 448 g/mol. The van der Waals surface area contributed by atoms with E-state index in [1.807, 2.05) is 13.0 Å². The van der Waals surface area contributed by atoms with Gasteiger partial charge >= 0.3 is 0 Å². The lowest BCUT2D eigenvalue weighted by molar-refractivity contribution is 0.187. The fourth-order valence-electron chi connectivity index (χ4n) is 2.97. The van der Waals surface area contributed by atoms with E-state index in [4.69, 9.17) is 0 Å². The number of guanidine groups is 1. The van der Waals surface area contributed by atoms with Gasteiger partial charge in [0.25, 0.3) is 0 Å². The summed E-state index contributed by atoms with van der Waals surface area (Å²) in [5.74, 6) is 1.38. The molecule has 1 atom stereocenters. The quantitative estimate of drug-likeness (QED) is 0.399. The first-order chi connectivity index (χ1) is 11.2. The minimum atomic E-state index is -0.213. The van der Waals surface area contributed by atoms with Gasteiger partial charge in [-0.3, -0.25) is 0 Å². The Morgan fingerprint density at radius 3 is 2.92 bits per heavy atom. The predicted octanol–water partition coefficient (Wildman–Crippen LogP) is 3.23. The normalized spacial score (nSPS) is 18.8. The SMILES string of the molecule is CCNC(=NCc1cccc(F)c1)NCCN1CCCC(C)C1.I. The molecule has 1 fully saturated rings. The molecule has 0 bridgehead atoms. The Balaban J connectivity index is 0.00000288. The van der Waals surface area contributed by atoms with Gasteiger partial charge in [0, 0.05) is 26.2 Å². The van der Waals surface area contributed by atoms with E-state index < -0.39 is 0 Å². The molecule has 1 unspecified atom stereocenters. The maximum Gasteiger partial charge on any atom is 0.191 e. The Kier molecular flexibility index (Phi) is 10.2. The van der Waals surface area contributed by atoms with E-state index >= 15 is 0 Å². The number of rotatable bonds is 6. The number of hydrogen-bond acceptors (Lipinski definition) is 2. The molecule has 1 aromatic carbocycles. The first-order valence-corrected chi connectivity index (χ1v) is 8.66. The Labute approximate surface area is 162 Å². The van der Waals surface area contributed by atoms with Crippen molar-refractivity contribution in [1.82, 2.24) is 15.5 Å². The molecular weight excluding hydrogens is 418 g/mol. The molecule has 1 aromatic rings. The largest absolute Gasteiger partial charge is 0.357 e. The summed E-state index contributed by atoms with van der Waals surface area (Å²) in [6, 6.07) is 6.60. The van der Waals surface area contributed by atoms with Crippen LogP contribution in [0.5, 0.6) is 0 Å². The molecule has 4 nitrogen and oxygen atoms in total. The van der Waals surface area contributed by atoms with Crippen LogP contribution >= 0.6 is 24.0 Å². The van der Waals surface area contributed by atoms with Gasteiger partial charge in [-0.15, -0.1) is 24.0 Å². The van der Waals surface area contributed by atoms with Crippen molar-refractivity contribution in [2.24, 2.45) is 10.9 Å². The lowest BCUT2D eigenvalue weighted by Crippen LogP contribution is -2.43. The van der Waals surface area contributed by atoms with Gasteiger partial charge in [0.05, 0.1) is 6.54 Å². The van der Waals surface area contributed by atoms with Gasteiger partial charge in [-0.1, -0.05) is 19.1 Å². The fourth-order valence-corrected chi connectivity index (χ4v) is 2.97. The van der Waals surface area contributed by atoms with Crippen molar-refractivity contribution in [2.45, 2.75) is 33.2 Å². The van der Waals surface area contributed by atoms with Crippen LogP contribution in [-0.4, -0.2) is 43.6 Å². The number of nitrogens with one attached hydrogen (secondary N) is 2. The van der Waals surface area contributed by atoms with Crippen LogP contribution in [0.4, 0.5) is 4.39 Å². The van der Waals surface area contributed by atoms with Gasteiger partial charge in [-0.2, -0.15) is 0 Å². The molecule has 6 heteroatoms. The van der Waals surface area contributed by atoms with Crippen LogP contribution < -0.4 is 10.6 Å². The zero-order valence-corrected chi connectivity index (χ0v) is 17.1. The highest BCUT2D eigenvalue weighted by molar-refractivity contribution is 14.0. The third kappa shape index (κ3) is 7.79. The number of likely N-dealkylation sites (tertiary alicyclic amines) is 1. The lowest BCUT2D eigenvalue weighted by Gasteiger charge is -2.30. The van der Waals surface area contributed by atoms with E-state index in [2.05, 4.69) is 27.4 Å². The Morgan fingerprint density at radius 1 is 1.38 bits per heavy atom. The Morgan fingerprint density at radius 2 is 2.21 bits per heavy atom. The second kappa shape index (κ2) is 11.6. The second-order valence-electron chi connectivity index (χ2n) is 6.30. The summed E-state index contributed by atoms with van der Waals surface area (Å²) >= 11 is 0. The lowest BCUT2D eigenvalue weighted by atomic mass is 10.0. The molecule has 2 rings (SSSR count). The number of piperidine rings is 1. The van der Waals surface area contributed by atoms with Crippen molar-refractivity contribution in [3.8, 4) is 0 Å². The first-order valence-electron chi connectivity index (χ1n) is 8.66. The number of hydrogen-bond donors (Lipinski definition) is 2. The molecule has 0 radical (unpaired) electrons. The molecule has 1 saturated heterocycles. The molecule has 2 N–H and O–H groups in total. The van der Waals surface area contributed by atoms with Crippen LogP contribution in [0.25, 0.3) is 0 Å². The summed E-state index contributed by atoms with van der Waals surface area (Å²) in [7, 11) is 0. The van der Waals surface area contributed by atoms with E-state index in [1.165, 1.54) is 38.1 Å². The Hall–Kier alpha value is -0.890. The van der Waals surface area contributed by atoms with Gasteiger partial charge in [0.2, 0.25) is 0 Å². The van der Waals surface area contributed by atoms with Crippen LogP contribution in [0.2, 0.25) is 0 Å². The summed E-state index contributed by atoms with van der Waals surface area (Å²) < 4.78 is 13.2. The van der Waals surface area contributed by atoms with E-state index in [0.717, 1.165) is 37.1 Å². The molecule has 24 heavy (non-hydrogen) atoms. The minimum absolute atomic E-state index is 0. The highest BCUT2D eigenvalue weighted by atomic mass is 127. The first kappa shape index (κ1) is 21.2. The molecule has 136 valence electrons. The maximum absolute atomic E-state index is 13.2. The van der Waals surface area contributed by atoms with Crippen molar-refractivity contribution in [2.75, 3.05) is 32.7 Å². The highest BCUT2D eigenvalue weighted by Crippen LogP contribution is 2.14. The molecule has 0 aromatic heterocycles. The monoisotopic (exact) mass is 448 g/mol. The van der Waals surface area contributed by atoms with Gasteiger partial charge in [-0.05, 0) is 49.9 Å². The number of nitrogens with zero attached hydrogens (tertiary/aromatic N) is 2. The van der Waals surface area contributed by atoms with Crippen molar-refractivity contribution >= 4 is 29.9 Å². The molecule has 1 aliphatic heterocycles. The smallest absolute Gasteiger partial charge is 0.191 e. The molecular formula is C18H30FIN4. The van der Waals surface area contributed by atoms with Crippen molar-refractivity contribution in [1.29, 1.82) is 0 Å². The molecule has 1 aliphatic rings. The molecule has 0 aliphatic carbocycles. The van der Waals surface area contributed by atoms with Crippen molar-refractivity contribution in [3.05, 3.63) is 35.6 Å². The standard InChI is InChI=1S/C18H29FN4.HI/c1-3-20-18(22-13-16-7-4-8-17(19)12-16)21-9-11-23-10-5-6-15(2)14-23;/h4,7-8,12,15H,3,5-6,9-11,13-14H2,1-2H3,(H2,20,21,22);1H.